The molecule has 1 aliphatic heterocycles. The minimum atomic E-state index is -0.272. The van der Waals surface area contributed by atoms with E-state index in [4.69, 9.17) is 0 Å². The van der Waals surface area contributed by atoms with Crippen LogP contribution in [0.5, 0.6) is 0 Å². The third-order valence-electron chi connectivity index (χ3n) is 4.31. The molecule has 0 bridgehead atoms. The van der Waals surface area contributed by atoms with Crippen LogP contribution in [0.1, 0.15) is 37.0 Å². The topological polar surface area (TPSA) is 54.3 Å². The number of aryl methyl sites for hydroxylation is 1. The van der Waals surface area contributed by atoms with Crippen LogP contribution < -0.4 is 10.9 Å². The SMILES string of the molecule is CCC=C(C)CN1CCC(CNC(=O)c2cccn(C)c2=O)C1. The van der Waals surface area contributed by atoms with E-state index in [9.17, 15) is 9.59 Å². The van der Waals surface area contributed by atoms with E-state index in [0.717, 1.165) is 32.5 Å². The molecule has 23 heavy (non-hydrogen) atoms. The Balaban J connectivity index is 1.83. The second-order valence-electron chi connectivity index (χ2n) is 6.40. The molecule has 1 N–H and O–H groups in total. The van der Waals surface area contributed by atoms with Crippen LogP contribution >= 0.6 is 0 Å². The molecule has 1 unspecified atom stereocenters. The van der Waals surface area contributed by atoms with E-state index >= 15 is 0 Å². The zero-order chi connectivity index (χ0) is 16.8. The highest BCUT2D eigenvalue weighted by atomic mass is 16.2. The number of likely N-dealkylation sites (tertiary alicyclic amines) is 1. The molecule has 1 amide bonds. The molecule has 2 heterocycles. The molecule has 0 radical (unpaired) electrons. The van der Waals surface area contributed by atoms with Gasteiger partial charge in [0, 0.05) is 32.9 Å². The van der Waals surface area contributed by atoms with Crippen molar-refractivity contribution in [2.24, 2.45) is 13.0 Å². The summed E-state index contributed by atoms with van der Waals surface area (Å²) in [5.41, 5.74) is 1.37. The highest BCUT2D eigenvalue weighted by Crippen LogP contribution is 2.16. The molecule has 1 saturated heterocycles. The lowest BCUT2D eigenvalue weighted by molar-refractivity contribution is 0.0945. The van der Waals surface area contributed by atoms with Crippen LogP contribution in [0.25, 0.3) is 0 Å². The van der Waals surface area contributed by atoms with Crippen LogP contribution in [0.4, 0.5) is 0 Å². The van der Waals surface area contributed by atoms with Gasteiger partial charge in [0.25, 0.3) is 11.5 Å². The maximum absolute atomic E-state index is 12.2. The van der Waals surface area contributed by atoms with Crippen molar-refractivity contribution in [1.29, 1.82) is 0 Å². The van der Waals surface area contributed by atoms with Gasteiger partial charge < -0.3 is 9.88 Å². The molecule has 1 aliphatic rings. The predicted octanol–water partition coefficient (Wildman–Crippen LogP) is 1.79. The monoisotopic (exact) mass is 317 g/mol. The first-order chi connectivity index (χ1) is 11.0. The average molecular weight is 317 g/mol. The number of allylic oxidation sites excluding steroid dienone is 1. The van der Waals surface area contributed by atoms with Crippen molar-refractivity contribution < 1.29 is 4.79 Å². The summed E-state index contributed by atoms with van der Waals surface area (Å²) in [5, 5.41) is 2.91. The summed E-state index contributed by atoms with van der Waals surface area (Å²) in [5.74, 6) is 0.188. The number of pyridine rings is 1. The number of carbonyl (C=O) groups is 1. The Bertz CT molecular complexity index is 633. The van der Waals surface area contributed by atoms with Gasteiger partial charge >= 0.3 is 0 Å². The molecule has 0 aliphatic carbocycles. The zero-order valence-corrected chi connectivity index (χ0v) is 14.3. The molecule has 0 saturated carbocycles. The Hall–Kier alpha value is -1.88. The maximum Gasteiger partial charge on any atom is 0.263 e. The van der Waals surface area contributed by atoms with Crippen LogP contribution in [0.3, 0.4) is 0 Å². The highest BCUT2D eigenvalue weighted by Gasteiger charge is 2.23. The summed E-state index contributed by atoms with van der Waals surface area (Å²) in [6.45, 7) is 8.04. The van der Waals surface area contributed by atoms with E-state index in [1.165, 1.54) is 10.1 Å². The van der Waals surface area contributed by atoms with Gasteiger partial charge in [-0.05, 0) is 44.4 Å². The van der Waals surface area contributed by atoms with Crippen molar-refractivity contribution in [2.75, 3.05) is 26.2 Å². The lowest BCUT2D eigenvalue weighted by Crippen LogP contribution is -2.35. The van der Waals surface area contributed by atoms with Crippen molar-refractivity contribution in [3.05, 3.63) is 45.9 Å². The predicted molar refractivity (Wildman–Crippen MR) is 92.6 cm³/mol. The van der Waals surface area contributed by atoms with E-state index in [0.29, 0.717) is 12.5 Å². The fraction of sp³-hybridized carbons (Fsp3) is 0.556. The second kappa shape index (κ2) is 8.11. The van der Waals surface area contributed by atoms with Crippen LogP contribution in [0.15, 0.2) is 34.8 Å². The van der Waals surface area contributed by atoms with Gasteiger partial charge in [-0.1, -0.05) is 18.6 Å². The summed E-state index contributed by atoms with van der Waals surface area (Å²) in [6, 6.07) is 3.30. The Kier molecular flexibility index (Phi) is 6.16. The summed E-state index contributed by atoms with van der Waals surface area (Å²) < 4.78 is 1.43. The number of nitrogens with one attached hydrogen (secondary N) is 1. The molecule has 126 valence electrons. The molecular weight excluding hydrogens is 290 g/mol. The number of hydrogen-bond donors (Lipinski definition) is 1. The number of carbonyl (C=O) groups excluding carboxylic acids is 1. The Morgan fingerprint density at radius 3 is 3.00 bits per heavy atom. The lowest BCUT2D eigenvalue weighted by atomic mass is 10.1. The molecule has 5 nitrogen and oxygen atoms in total. The average Bonchev–Trinajstić information content (AvgIpc) is 2.95. The van der Waals surface area contributed by atoms with Gasteiger partial charge in [0.05, 0.1) is 0 Å². The number of amides is 1. The maximum atomic E-state index is 12.2. The van der Waals surface area contributed by atoms with E-state index in [-0.39, 0.29) is 17.0 Å². The van der Waals surface area contributed by atoms with Gasteiger partial charge in [-0.2, -0.15) is 0 Å². The molecule has 0 spiro atoms. The summed E-state index contributed by atoms with van der Waals surface area (Å²) in [7, 11) is 1.65. The van der Waals surface area contributed by atoms with Gasteiger partial charge in [0.1, 0.15) is 5.56 Å². The van der Waals surface area contributed by atoms with Gasteiger partial charge in [0.2, 0.25) is 0 Å². The summed E-state index contributed by atoms with van der Waals surface area (Å²) in [6.07, 6.45) is 6.08. The minimum absolute atomic E-state index is 0.214. The Morgan fingerprint density at radius 2 is 2.26 bits per heavy atom. The first-order valence-corrected chi connectivity index (χ1v) is 8.33. The third kappa shape index (κ3) is 4.79. The standard InChI is InChI=1S/C18H27N3O2/c1-4-6-14(2)12-21-10-8-15(13-21)11-19-17(22)16-7-5-9-20(3)18(16)23/h5-7,9,15H,4,8,10-13H2,1-3H3,(H,19,22). The van der Waals surface area contributed by atoms with Crippen LogP contribution in [-0.2, 0) is 7.05 Å². The van der Waals surface area contributed by atoms with E-state index in [1.807, 2.05) is 0 Å². The van der Waals surface area contributed by atoms with Crippen LogP contribution in [0, 0.1) is 5.92 Å². The number of rotatable bonds is 6. The van der Waals surface area contributed by atoms with Crippen molar-refractivity contribution in [3.63, 3.8) is 0 Å². The largest absolute Gasteiger partial charge is 0.352 e. The first-order valence-electron chi connectivity index (χ1n) is 8.33. The van der Waals surface area contributed by atoms with Gasteiger partial charge in [-0.25, -0.2) is 0 Å². The molecule has 0 aromatic carbocycles. The third-order valence-corrected chi connectivity index (χ3v) is 4.31. The highest BCUT2D eigenvalue weighted by molar-refractivity contribution is 5.93. The Labute approximate surface area is 138 Å². The first kappa shape index (κ1) is 17.5. The molecule has 2 rings (SSSR count). The minimum Gasteiger partial charge on any atom is -0.352 e. The van der Waals surface area contributed by atoms with E-state index in [1.54, 1.807) is 25.4 Å². The summed E-state index contributed by atoms with van der Waals surface area (Å²) >= 11 is 0. The van der Waals surface area contributed by atoms with Gasteiger partial charge in [-0.15, -0.1) is 0 Å². The van der Waals surface area contributed by atoms with Crippen LogP contribution in [0.2, 0.25) is 0 Å². The fourth-order valence-electron chi connectivity index (χ4n) is 3.09. The second-order valence-corrected chi connectivity index (χ2v) is 6.40. The van der Waals surface area contributed by atoms with Gasteiger partial charge in [-0.3, -0.25) is 14.5 Å². The lowest BCUT2D eigenvalue weighted by Gasteiger charge is -2.16. The molecule has 1 atom stereocenters. The van der Waals surface area contributed by atoms with Gasteiger partial charge in [0.15, 0.2) is 0 Å². The number of hydrogen-bond acceptors (Lipinski definition) is 3. The molecular formula is C18H27N3O2. The van der Waals surface area contributed by atoms with Crippen molar-refractivity contribution in [1.82, 2.24) is 14.8 Å². The van der Waals surface area contributed by atoms with Crippen molar-refractivity contribution in [3.8, 4) is 0 Å². The Morgan fingerprint density at radius 1 is 1.48 bits per heavy atom. The van der Waals surface area contributed by atoms with Crippen molar-refractivity contribution >= 4 is 5.91 Å². The fourth-order valence-corrected chi connectivity index (χ4v) is 3.09. The van der Waals surface area contributed by atoms with Crippen LogP contribution in [-0.4, -0.2) is 41.6 Å². The quantitative estimate of drug-likeness (QED) is 0.814. The number of nitrogens with zero attached hydrogens (tertiary/aromatic N) is 2. The normalized spacial score (nSPS) is 19.1. The molecule has 1 fully saturated rings. The van der Waals surface area contributed by atoms with E-state index < -0.39 is 0 Å². The number of aromatic nitrogens is 1. The van der Waals surface area contributed by atoms with Crippen molar-refractivity contribution in [2.45, 2.75) is 26.7 Å². The molecule has 1 aromatic heterocycles. The molecule has 5 heteroatoms. The smallest absolute Gasteiger partial charge is 0.263 e. The summed E-state index contributed by atoms with van der Waals surface area (Å²) in [4.78, 5) is 26.5. The zero-order valence-electron chi connectivity index (χ0n) is 14.3. The molecule has 1 aromatic rings. The van der Waals surface area contributed by atoms with E-state index in [2.05, 4.69) is 30.1 Å².